The van der Waals surface area contributed by atoms with E-state index in [2.05, 4.69) is 0 Å². The Balaban J connectivity index is 1.85. The molecule has 0 aromatic heterocycles. The third-order valence-corrected chi connectivity index (χ3v) is 3.22. The smallest absolute Gasteiger partial charge is 0.335 e. The van der Waals surface area contributed by atoms with Crippen LogP contribution in [0.4, 0.5) is 0 Å². The molecule has 0 aliphatic heterocycles. The molecule has 1 N–H and O–H groups in total. The summed E-state index contributed by atoms with van der Waals surface area (Å²) < 4.78 is 10.7. The first-order chi connectivity index (χ1) is 11.0. The van der Waals surface area contributed by atoms with Crippen LogP contribution in [0.25, 0.3) is 0 Å². The van der Waals surface area contributed by atoms with E-state index in [9.17, 15) is 9.90 Å². The summed E-state index contributed by atoms with van der Waals surface area (Å²) in [5.41, 5.74) is 1.95. The van der Waals surface area contributed by atoms with E-state index in [1.807, 2.05) is 54.6 Å². The highest BCUT2D eigenvalue weighted by Gasteiger charge is 2.18. The van der Waals surface area contributed by atoms with Crippen molar-refractivity contribution in [3.8, 4) is 5.75 Å². The molecule has 0 radical (unpaired) electrons. The monoisotopic (exact) mass is 314 g/mol. The van der Waals surface area contributed by atoms with Crippen LogP contribution < -0.4 is 4.74 Å². The molecule has 0 aliphatic rings. The lowest BCUT2D eigenvalue weighted by molar-refractivity contribution is -0.157. The molecule has 0 fully saturated rings. The second-order valence-electron chi connectivity index (χ2n) is 5.62. The van der Waals surface area contributed by atoms with Gasteiger partial charge < -0.3 is 14.6 Å². The fraction of sp³-hybridized carbons (Fsp3) is 0.316. The summed E-state index contributed by atoms with van der Waals surface area (Å²) in [6.45, 7) is 4.01. The van der Waals surface area contributed by atoms with Crippen LogP contribution in [0, 0.1) is 0 Å². The van der Waals surface area contributed by atoms with Gasteiger partial charge in [-0.15, -0.1) is 0 Å². The van der Waals surface area contributed by atoms with Crippen molar-refractivity contribution >= 4 is 5.97 Å². The minimum Gasteiger partial charge on any atom is -0.489 e. The highest BCUT2D eigenvalue weighted by molar-refractivity contribution is 5.74. The SMILES string of the molecule is CC(C)OC(=O)[C@@H](O)Cc1ccc(OCc2ccccc2)cc1. The molecule has 2 aromatic rings. The van der Waals surface area contributed by atoms with E-state index in [0.29, 0.717) is 6.61 Å². The number of hydrogen-bond donors (Lipinski definition) is 1. The molecular formula is C19H22O4. The number of benzene rings is 2. The quantitative estimate of drug-likeness (QED) is 0.798. The minimum absolute atomic E-state index is 0.227. The van der Waals surface area contributed by atoms with Gasteiger partial charge in [-0.3, -0.25) is 0 Å². The lowest BCUT2D eigenvalue weighted by atomic mass is 10.1. The second-order valence-corrected chi connectivity index (χ2v) is 5.62. The summed E-state index contributed by atoms with van der Waals surface area (Å²) >= 11 is 0. The standard InChI is InChI=1S/C19H22O4/c1-14(2)23-19(21)18(20)12-15-8-10-17(11-9-15)22-13-16-6-4-3-5-7-16/h3-11,14,18,20H,12-13H2,1-2H3/t18-/m0/s1. The summed E-state index contributed by atoms with van der Waals surface area (Å²) in [7, 11) is 0. The van der Waals surface area contributed by atoms with Crippen LogP contribution >= 0.6 is 0 Å². The Morgan fingerprint density at radius 3 is 2.26 bits per heavy atom. The molecule has 122 valence electrons. The zero-order valence-electron chi connectivity index (χ0n) is 13.4. The number of hydrogen-bond acceptors (Lipinski definition) is 4. The van der Waals surface area contributed by atoms with Gasteiger partial charge >= 0.3 is 5.97 Å². The number of rotatable bonds is 7. The molecule has 0 unspecified atom stereocenters. The third kappa shape index (κ3) is 5.75. The summed E-state index contributed by atoms with van der Waals surface area (Å²) in [5, 5.41) is 9.84. The van der Waals surface area contributed by atoms with E-state index < -0.39 is 12.1 Å². The van der Waals surface area contributed by atoms with Crippen molar-refractivity contribution in [3.05, 3.63) is 65.7 Å². The largest absolute Gasteiger partial charge is 0.489 e. The summed E-state index contributed by atoms with van der Waals surface area (Å²) in [5.74, 6) is 0.154. The van der Waals surface area contributed by atoms with Gasteiger partial charge in [0, 0.05) is 6.42 Å². The van der Waals surface area contributed by atoms with E-state index in [1.54, 1.807) is 13.8 Å². The van der Waals surface area contributed by atoms with Gasteiger partial charge in [0.05, 0.1) is 6.10 Å². The van der Waals surface area contributed by atoms with E-state index in [-0.39, 0.29) is 12.5 Å². The van der Waals surface area contributed by atoms with Crippen LogP contribution in [-0.2, 0) is 22.6 Å². The topological polar surface area (TPSA) is 55.8 Å². The van der Waals surface area contributed by atoms with Crippen molar-refractivity contribution in [1.29, 1.82) is 0 Å². The Kier molecular flexibility index (Phi) is 6.18. The van der Waals surface area contributed by atoms with Crippen LogP contribution in [0.3, 0.4) is 0 Å². The Bertz CT molecular complexity index is 605. The normalized spacial score (nSPS) is 12.0. The first-order valence-electron chi connectivity index (χ1n) is 7.69. The maximum absolute atomic E-state index is 11.6. The molecular weight excluding hydrogens is 292 g/mol. The van der Waals surface area contributed by atoms with Gasteiger partial charge in [-0.2, -0.15) is 0 Å². The number of carbonyl (C=O) groups is 1. The minimum atomic E-state index is -1.14. The molecule has 23 heavy (non-hydrogen) atoms. The first-order valence-corrected chi connectivity index (χ1v) is 7.69. The molecule has 0 aliphatic carbocycles. The van der Waals surface area contributed by atoms with Crippen LogP contribution in [-0.4, -0.2) is 23.3 Å². The third-order valence-electron chi connectivity index (χ3n) is 3.22. The van der Waals surface area contributed by atoms with Crippen LogP contribution in [0.15, 0.2) is 54.6 Å². The zero-order chi connectivity index (χ0) is 16.7. The van der Waals surface area contributed by atoms with E-state index in [4.69, 9.17) is 9.47 Å². The molecule has 2 aromatic carbocycles. The maximum Gasteiger partial charge on any atom is 0.335 e. The molecule has 0 amide bonds. The predicted molar refractivity (Wildman–Crippen MR) is 88.2 cm³/mol. The molecule has 4 nitrogen and oxygen atoms in total. The van der Waals surface area contributed by atoms with Crippen molar-refractivity contribution in [2.75, 3.05) is 0 Å². The molecule has 0 heterocycles. The molecule has 0 saturated carbocycles. The van der Waals surface area contributed by atoms with Gasteiger partial charge in [0.1, 0.15) is 12.4 Å². The van der Waals surface area contributed by atoms with E-state index in [1.165, 1.54) is 0 Å². The van der Waals surface area contributed by atoms with Gasteiger partial charge in [-0.25, -0.2) is 4.79 Å². The van der Waals surface area contributed by atoms with Gasteiger partial charge in [-0.05, 0) is 37.1 Å². The second kappa shape index (κ2) is 8.34. The Hall–Kier alpha value is -2.33. The molecule has 0 spiro atoms. The fourth-order valence-electron chi connectivity index (χ4n) is 2.08. The Labute approximate surface area is 136 Å². The van der Waals surface area contributed by atoms with Crippen molar-refractivity contribution in [1.82, 2.24) is 0 Å². The van der Waals surface area contributed by atoms with E-state index >= 15 is 0 Å². The van der Waals surface area contributed by atoms with Crippen molar-refractivity contribution < 1.29 is 19.4 Å². The average molecular weight is 314 g/mol. The number of carbonyl (C=O) groups excluding carboxylic acids is 1. The fourth-order valence-corrected chi connectivity index (χ4v) is 2.08. The first kappa shape index (κ1) is 17.0. The number of esters is 1. The molecule has 4 heteroatoms. The van der Waals surface area contributed by atoms with Crippen molar-refractivity contribution in [2.24, 2.45) is 0 Å². The maximum atomic E-state index is 11.6. The average Bonchev–Trinajstić information content (AvgIpc) is 2.54. The van der Waals surface area contributed by atoms with Gasteiger partial charge in [-0.1, -0.05) is 42.5 Å². The molecule has 2 rings (SSSR count). The van der Waals surface area contributed by atoms with Crippen molar-refractivity contribution in [2.45, 2.75) is 39.1 Å². The molecule has 0 saturated heterocycles. The summed E-state index contributed by atoms with van der Waals surface area (Å²) in [6, 6.07) is 17.3. The van der Waals surface area contributed by atoms with E-state index in [0.717, 1.165) is 16.9 Å². The number of aliphatic hydroxyl groups excluding tert-OH is 1. The Morgan fingerprint density at radius 2 is 1.65 bits per heavy atom. The highest BCUT2D eigenvalue weighted by Crippen LogP contribution is 2.15. The van der Waals surface area contributed by atoms with Gasteiger partial charge in [0.2, 0.25) is 0 Å². The summed E-state index contributed by atoms with van der Waals surface area (Å²) in [6.07, 6.45) is -1.15. The number of ether oxygens (including phenoxy) is 2. The number of aliphatic hydroxyl groups is 1. The lowest BCUT2D eigenvalue weighted by Gasteiger charge is -2.13. The Morgan fingerprint density at radius 1 is 1.00 bits per heavy atom. The predicted octanol–water partition coefficient (Wildman–Crippen LogP) is 3.12. The lowest BCUT2D eigenvalue weighted by Crippen LogP contribution is -2.27. The van der Waals surface area contributed by atoms with Gasteiger partial charge in [0.25, 0.3) is 0 Å². The van der Waals surface area contributed by atoms with Gasteiger partial charge in [0.15, 0.2) is 6.10 Å². The van der Waals surface area contributed by atoms with Crippen molar-refractivity contribution in [3.63, 3.8) is 0 Å². The van der Waals surface area contributed by atoms with Crippen LogP contribution in [0.1, 0.15) is 25.0 Å². The highest BCUT2D eigenvalue weighted by atomic mass is 16.6. The van der Waals surface area contributed by atoms with Crippen LogP contribution in [0.5, 0.6) is 5.75 Å². The molecule has 0 bridgehead atoms. The summed E-state index contributed by atoms with van der Waals surface area (Å²) in [4.78, 5) is 11.6. The van der Waals surface area contributed by atoms with Crippen LogP contribution in [0.2, 0.25) is 0 Å². The molecule has 1 atom stereocenters. The zero-order valence-corrected chi connectivity index (χ0v) is 13.4.